The van der Waals surface area contributed by atoms with Gasteiger partial charge in [-0.2, -0.15) is 0 Å². The number of halogens is 1. The molecule has 4 aromatic rings. The predicted molar refractivity (Wildman–Crippen MR) is 106 cm³/mol. The van der Waals surface area contributed by atoms with E-state index in [1.165, 1.54) is 0 Å². The summed E-state index contributed by atoms with van der Waals surface area (Å²) in [7, 11) is 0. The van der Waals surface area contributed by atoms with Crippen LogP contribution in [-0.4, -0.2) is 15.1 Å². The molecular weight excluding hydrogens is 344 g/mol. The van der Waals surface area contributed by atoms with Gasteiger partial charge < -0.3 is 5.11 Å². The van der Waals surface area contributed by atoms with Gasteiger partial charge in [-0.3, -0.25) is 0 Å². The molecule has 3 nitrogen and oxygen atoms in total. The quantitative estimate of drug-likeness (QED) is 0.520. The zero-order chi connectivity index (χ0) is 18.1. The normalized spacial score (nSPS) is 11.0. The molecule has 0 aliphatic carbocycles. The van der Waals surface area contributed by atoms with Crippen LogP contribution in [0.4, 0.5) is 0 Å². The van der Waals surface area contributed by atoms with E-state index >= 15 is 0 Å². The average Bonchev–Trinajstić information content (AvgIpc) is 2.64. The number of hydrogen-bond acceptors (Lipinski definition) is 3. The third-order valence-corrected chi connectivity index (χ3v) is 4.57. The van der Waals surface area contributed by atoms with E-state index in [0.717, 1.165) is 39.1 Å². The van der Waals surface area contributed by atoms with Crippen molar-refractivity contribution in [3.8, 4) is 17.0 Å². The van der Waals surface area contributed by atoms with Crippen molar-refractivity contribution in [3.63, 3.8) is 0 Å². The Morgan fingerprint density at radius 3 is 2.42 bits per heavy atom. The first-order valence-electron chi connectivity index (χ1n) is 8.40. The number of aryl methyl sites for hydroxylation is 1. The highest BCUT2D eigenvalue weighted by Gasteiger charge is 2.14. The number of para-hydroxylation sites is 2. The van der Waals surface area contributed by atoms with Crippen molar-refractivity contribution >= 4 is 22.6 Å². The van der Waals surface area contributed by atoms with Crippen LogP contribution in [0.2, 0.25) is 5.02 Å². The number of fused-ring (bicyclic) bond motifs is 1. The monoisotopic (exact) mass is 360 g/mol. The first kappa shape index (κ1) is 16.6. The van der Waals surface area contributed by atoms with Crippen molar-refractivity contribution in [3.05, 3.63) is 88.6 Å². The molecule has 1 aromatic heterocycles. The Morgan fingerprint density at radius 2 is 1.65 bits per heavy atom. The molecule has 0 unspecified atom stereocenters. The summed E-state index contributed by atoms with van der Waals surface area (Å²) in [6.45, 7) is 2.01. The minimum Gasteiger partial charge on any atom is -0.508 e. The van der Waals surface area contributed by atoms with Crippen LogP contribution >= 0.6 is 11.6 Å². The molecule has 0 aliphatic heterocycles. The van der Waals surface area contributed by atoms with Crippen LogP contribution in [0.25, 0.3) is 22.3 Å². The highest BCUT2D eigenvalue weighted by Crippen LogP contribution is 2.29. The molecule has 26 heavy (non-hydrogen) atoms. The number of aromatic nitrogens is 2. The van der Waals surface area contributed by atoms with E-state index < -0.39 is 0 Å². The average molecular weight is 361 g/mol. The second-order valence-electron chi connectivity index (χ2n) is 6.33. The zero-order valence-corrected chi connectivity index (χ0v) is 15.0. The number of rotatable bonds is 3. The van der Waals surface area contributed by atoms with E-state index in [-0.39, 0.29) is 5.75 Å². The summed E-state index contributed by atoms with van der Waals surface area (Å²) < 4.78 is 0. The third kappa shape index (κ3) is 3.26. The Kier molecular flexibility index (Phi) is 4.31. The molecule has 0 radical (unpaired) electrons. The summed E-state index contributed by atoms with van der Waals surface area (Å²) >= 11 is 6.18. The summed E-state index contributed by atoms with van der Waals surface area (Å²) in [4.78, 5) is 9.66. The SMILES string of the molecule is Cc1ccc(O)c(Cc2nc3ccccc3nc2-c2cccc(Cl)c2)c1. The molecule has 0 fully saturated rings. The predicted octanol–water partition coefficient (Wildman–Crippen LogP) is 5.56. The van der Waals surface area contributed by atoms with E-state index in [9.17, 15) is 5.11 Å². The van der Waals surface area contributed by atoms with Crippen LogP contribution in [0.15, 0.2) is 66.7 Å². The van der Waals surface area contributed by atoms with Crippen molar-refractivity contribution in [2.75, 3.05) is 0 Å². The second-order valence-corrected chi connectivity index (χ2v) is 6.76. The Hall–Kier alpha value is -2.91. The number of hydrogen-bond donors (Lipinski definition) is 1. The lowest BCUT2D eigenvalue weighted by Crippen LogP contribution is -2.01. The largest absolute Gasteiger partial charge is 0.508 e. The summed E-state index contributed by atoms with van der Waals surface area (Å²) in [6.07, 6.45) is 0.493. The van der Waals surface area contributed by atoms with Crippen LogP contribution in [-0.2, 0) is 6.42 Å². The Labute approximate surface area is 156 Å². The van der Waals surface area contributed by atoms with Crippen molar-refractivity contribution in [2.45, 2.75) is 13.3 Å². The van der Waals surface area contributed by atoms with Gasteiger partial charge in [0, 0.05) is 22.6 Å². The van der Waals surface area contributed by atoms with Crippen molar-refractivity contribution in [2.24, 2.45) is 0 Å². The second kappa shape index (κ2) is 6.77. The van der Waals surface area contributed by atoms with E-state index in [4.69, 9.17) is 21.6 Å². The van der Waals surface area contributed by atoms with E-state index in [0.29, 0.717) is 11.4 Å². The molecule has 0 amide bonds. The summed E-state index contributed by atoms with van der Waals surface area (Å²) in [6, 6.07) is 21.0. The third-order valence-electron chi connectivity index (χ3n) is 4.33. The summed E-state index contributed by atoms with van der Waals surface area (Å²) in [5.74, 6) is 0.266. The molecule has 1 N–H and O–H groups in total. The summed E-state index contributed by atoms with van der Waals surface area (Å²) in [5.41, 5.74) is 6.10. The van der Waals surface area contributed by atoms with Crippen molar-refractivity contribution in [1.82, 2.24) is 9.97 Å². The fourth-order valence-corrected chi connectivity index (χ4v) is 3.25. The molecule has 0 saturated carbocycles. The molecular formula is C22H17ClN2O. The van der Waals surface area contributed by atoms with Crippen molar-refractivity contribution in [1.29, 1.82) is 0 Å². The first-order valence-corrected chi connectivity index (χ1v) is 8.78. The first-order chi connectivity index (χ1) is 12.6. The Morgan fingerprint density at radius 1 is 0.885 bits per heavy atom. The highest BCUT2D eigenvalue weighted by molar-refractivity contribution is 6.30. The molecule has 0 spiro atoms. The molecule has 0 bridgehead atoms. The zero-order valence-electron chi connectivity index (χ0n) is 14.3. The van der Waals surface area contributed by atoms with Gasteiger partial charge in [0.15, 0.2) is 0 Å². The van der Waals surface area contributed by atoms with Crippen LogP contribution in [0.5, 0.6) is 5.75 Å². The van der Waals surface area contributed by atoms with Crippen LogP contribution in [0.3, 0.4) is 0 Å². The minimum absolute atomic E-state index is 0.266. The number of phenols is 1. The number of benzene rings is 3. The lowest BCUT2D eigenvalue weighted by atomic mass is 10.0. The van der Waals surface area contributed by atoms with Gasteiger partial charge in [0.1, 0.15) is 5.75 Å². The van der Waals surface area contributed by atoms with Gasteiger partial charge in [-0.25, -0.2) is 9.97 Å². The Balaban J connectivity index is 1.91. The number of nitrogens with zero attached hydrogens (tertiary/aromatic N) is 2. The van der Waals surface area contributed by atoms with Crippen LogP contribution < -0.4 is 0 Å². The van der Waals surface area contributed by atoms with Gasteiger partial charge in [-0.05, 0) is 37.3 Å². The van der Waals surface area contributed by atoms with Gasteiger partial charge in [-0.1, -0.05) is 53.6 Å². The van der Waals surface area contributed by atoms with Crippen LogP contribution in [0, 0.1) is 6.92 Å². The number of phenolic OH excluding ortho intramolecular Hbond substituents is 1. The fraction of sp³-hybridized carbons (Fsp3) is 0.0909. The molecule has 128 valence electrons. The van der Waals surface area contributed by atoms with Gasteiger partial charge in [0.05, 0.1) is 22.4 Å². The van der Waals surface area contributed by atoms with Gasteiger partial charge >= 0.3 is 0 Å². The topological polar surface area (TPSA) is 46.0 Å². The smallest absolute Gasteiger partial charge is 0.119 e. The van der Waals surface area contributed by atoms with Crippen molar-refractivity contribution < 1.29 is 5.11 Å². The maximum Gasteiger partial charge on any atom is 0.119 e. The van der Waals surface area contributed by atoms with Gasteiger partial charge in [0.2, 0.25) is 0 Å². The van der Waals surface area contributed by atoms with E-state index in [1.54, 1.807) is 6.07 Å². The van der Waals surface area contributed by atoms with E-state index in [2.05, 4.69) is 0 Å². The Bertz CT molecular complexity index is 1110. The van der Waals surface area contributed by atoms with Gasteiger partial charge in [-0.15, -0.1) is 0 Å². The number of aromatic hydroxyl groups is 1. The minimum atomic E-state index is 0.266. The highest BCUT2D eigenvalue weighted by atomic mass is 35.5. The molecule has 3 aromatic carbocycles. The van der Waals surface area contributed by atoms with Gasteiger partial charge in [0.25, 0.3) is 0 Å². The molecule has 0 atom stereocenters. The summed E-state index contributed by atoms with van der Waals surface area (Å²) in [5, 5.41) is 10.9. The standard InChI is InChI=1S/C22H17ClN2O/c1-14-9-10-21(26)16(11-14)13-20-22(15-5-4-6-17(23)12-15)25-19-8-3-2-7-18(19)24-20/h2-12,26H,13H2,1H3. The lowest BCUT2D eigenvalue weighted by Gasteiger charge is -2.12. The molecule has 4 rings (SSSR count). The maximum absolute atomic E-state index is 10.2. The molecule has 0 aliphatic rings. The molecule has 4 heteroatoms. The maximum atomic E-state index is 10.2. The lowest BCUT2D eigenvalue weighted by molar-refractivity contribution is 0.469. The van der Waals surface area contributed by atoms with E-state index in [1.807, 2.05) is 67.6 Å². The van der Waals surface area contributed by atoms with Crippen LogP contribution in [0.1, 0.15) is 16.8 Å². The fourth-order valence-electron chi connectivity index (χ4n) is 3.06. The molecule has 0 saturated heterocycles. The molecule has 1 heterocycles.